The number of nitrogens with one attached hydrogen (secondary N) is 1. The number of carbonyl (C=O) groups excluding carboxylic acids is 2. The van der Waals surface area contributed by atoms with E-state index in [-0.39, 0.29) is 18.9 Å². The molecule has 0 aromatic heterocycles. The Morgan fingerprint density at radius 3 is 2.22 bits per heavy atom. The summed E-state index contributed by atoms with van der Waals surface area (Å²) < 4.78 is 26.7. The summed E-state index contributed by atoms with van der Waals surface area (Å²) in [6.45, 7) is 3.62. The van der Waals surface area contributed by atoms with Crippen LogP contribution in [0.15, 0.2) is 78.9 Å². The van der Waals surface area contributed by atoms with Gasteiger partial charge in [0.2, 0.25) is 21.8 Å². The van der Waals surface area contributed by atoms with E-state index in [1.807, 2.05) is 43.3 Å². The zero-order valence-electron chi connectivity index (χ0n) is 21.2. The summed E-state index contributed by atoms with van der Waals surface area (Å²) in [6, 6.07) is 22.6. The number of hydrogen-bond acceptors (Lipinski definition) is 4. The fourth-order valence-corrected chi connectivity index (χ4v) is 5.24. The van der Waals surface area contributed by atoms with Crippen molar-refractivity contribution in [1.82, 2.24) is 10.2 Å². The Kier molecular flexibility index (Phi) is 9.72. The first-order valence-electron chi connectivity index (χ1n) is 12.0. The van der Waals surface area contributed by atoms with Crippen LogP contribution in [0.1, 0.15) is 23.6 Å². The zero-order chi connectivity index (χ0) is 27.0. The third-order valence-electron chi connectivity index (χ3n) is 5.93. The average molecular weight is 542 g/mol. The Hall–Kier alpha value is -3.36. The number of rotatable bonds is 11. The molecule has 196 valence electrons. The number of carbonyl (C=O) groups is 2. The fourth-order valence-electron chi connectivity index (χ4n) is 4.12. The molecule has 0 aliphatic carbocycles. The molecule has 2 amide bonds. The molecule has 0 spiro atoms. The van der Waals surface area contributed by atoms with E-state index in [0.717, 1.165) is 21.7 Å². The minimum absolute atomic E-state index is 0.0827. The topological polar surface area (TPSA) is 86.8 Å². The van der Waals surface area contributed by atoms with Crippen molar-refractivity contribution in [3.8, 4) is 0 Å². The highest BCUT2D eigenvalue weighted by Gasteiger charge is 2.33. The molecule has 0 bridgehead atoms. The monoisotopic (exact) mass is 541 g/mol. The van der Waals surface area contributed by atoms with E-state index in [4.69, 9.17) is 11.6 Å². The third kappa shape index (κ3) is 7.81. The molecule has 3 aromatic rings. The smallest absolute Gasteiger partial charge is 0.244 e. The first-order valence-corrected chi connectivity index (χ1v) is 14.2. The summed E-state index contributed by atoms with van der Waals surface area (Å²) >= 11 is 6.20. The summed E-state index contributed by atoms with van der Waals surface area (Å²) in [4.78, 5) is 28.7. The van der Waals surface area contributed by atoms with E-state index >= 15 is 0 Å². The van der Waals surface area contributed by atoms with E-state index in [9.17, 15) is 18.0 Å². The van der Waals surface area contributed by atoms with Gasteiger partial charge in [0.1, 0.15) is 12.6 Å². The summed E-state index contributed by atoms with van der Waals surface area (Å²) in [5.74, 6) is -0.815. The number of para-hydroxylation sites is 1. The predicted molar refractivity (Wildman–Crippen MR) is 148 cm³/mol. The zero-order valence-corrected chi connectivity index (χ0v) is 22.8. The highest BCUT2D eigenvalue weighted by Crippen LogP contribution is 2.24. The molecule has 1 N–H and O–H groups in total. The third-order valence-corrected chi connectivity index (χ3v) is 7.29. The van der Waals surface area contributed by atoms with Crippen molar-refractivity contribution < 1.29 is 18.0 Å². The molecule has 3 aromatic carbocycles. The quantitative estimate of drug-likeness (QED) is 0.394. The lowest BCUT2D eigenvalue weighted by Crippen LogP contribution is -2.53. The highest BCUT2D eigenvalue weighted by atomic mass is 35.5. The lowest BCUT2D eigenvalue weighted by Gasteiger charge is -2.33. The van der Waals surface area contributed by atoms with Crippen LogP contribution < -0.4 is 9.62 Å². The second-order valence-electron chi connectivity index (χ2n) is 8.81. The maximum Gasteiger partial charge on any atom is 0.244 e. The van der Waals surface area contributed by atoms with Gasteiger partial charge in [0.25, 0.3) is 0 Å². The van der Waals surface area contributed by atoms with Gasteiger partial charge in [0, 0.05) is 24.5 Å². The highest BCUT2D eigenvalue weighted by molar-refractivity contribution is 7.92. The average Bonchev–Trinajstić information content (AvgIpc) is 2.85. The second kappa shape index (κ2) is 12.7. The van der Waals surface area contributed by atoms with Gasteiger partial charge in [-0.3, -0.25) is 13.9 Å². The minimum Gasteiger partial charge on any atom is -0.355 e. The lowest BCUT2D eigenvalue weighted by molar-refractivity contribution is -0.140. The number of nitrogens with zero attached hydrogens (tertiary/aromatic N) is 2. The van der Waals surface area contributed by atoms with Gasteiger partial charge in [0.05, 0.1) is 11.9 Å². The van der Waals surface area contributed by atoms with Crippen molar-refractivity contribution in [3.63, 3.8) is 0 Å². The molecule has 0 saturated heterocycles. The van der Waals surface area contributed by atoms with Crippen molar-refractivity contribution in [2.24, 2.45) is 0 Å². The molecule has 0 aliphatic heterocycles. The van der Waals surface area contributed by atoms with Crippen LogP contribution in [-0.2, 0) is 32.6 Å². The number of sulfonamides is 1. The van der Waals surface area contributed by atoms with E-state index < -0.39 is 28.5 Å². The second-order valence-corrected chi connectivity index (χ2v) is 11.2. The van der Waals surface area contributed by atoms with E-state index in [2.05, 4.69) is 5.32 Å². The largest absolute Gasteiger partial charge is 0.355 e. The van der Waals surface area contributed by atoms with Gasteiger partial charge in [-0.25, -0.2) is 8.42 Å². The summed E-state index contributed by atoms with van der Waals surface area (Å²) in [6.07, 6.45) is 1.33. The Bertz CT molecular complexity index is 1330. The maximum atomic E-state index is 13.9. The normalized spacial score (nSPS) is 12.0. The number of likely N-dealkylation sites (N-methyl/N-ethyl adjacent to an activating group) is 1. The molecule has 3 rings (SSSR count). The molecule has 0 radical (unpaired) electrons. The van der Waals surface area contributed by atoms with Gasteiger partial charge in [-0.1, -0.05) is 72.3 Å². The number of halogens is 1. The molecule has 0 unspecified atom stereocenters. The Balaban J connectivity index is 2.05. The predicted octanol–water partition coefficient (Wildman–Crippen LogP) is 4.19. The summed E-state index contributed by atoms with van der Waals surface area (Å²) in [7, 11) is -3.80. The molecule has 0 saturated carbocycles. The fraction of sp³-hybridized carbons (Fsp3) is 0.286. The van der Waals surface area contributed by atoms with Crippen molar-refractivity contribution in [1.29, 1.82) is 0 Å². The molecule has 0 heterocycles. The van der Waals surface area contributed by atoms with Crippen LogP contribution in [0.5, 0.6) is 0 Å². The van der Waals surface area contributed by atoms with Crippen LogP contribution in [0, 0.1) is 6.92 Å². The number of benzene rings is 3. The van der Waals surface area contributed by atoms with Crippen molar-refractivity contribution in [2.75, 3.05) is 23.7 Å². The van der Waals surface area contributed by atoms with Crippen LogP contribution in [0.25, 0.3) is 0 Å². The number of hydrogen-bond donors (Lipinski definition) is 1. The number of amides is 2. The van der Waals surface area contributed by atoms with Crippen molar-refractivity contribution >= 4 is 39.1 Å². The molecular weight excluding hydrogens is 510 g/mol. The lowest BCUT2D eigenvalue weighted by atomic mass is 10.0. The van der Waals surface area contributed by atoms with E-state index in [1.165, 1.54) is 4.90 Å². The van der Waals surface area contributed by atoms with Crippen LogP contribution in [-0.4, -0.2) is 50.5 Å². The summed E-state index contributed by atoms with van der Waals surface area (Å²) in [5, 5.41) is 3.33. The standard InChI is InChI=1S/C28H32ClN3O4S/c1-4-30-28(34)26(18-22-12-6-5-7-13-22)31(19-23-14-10-15-24(29)17-23)27(33)20-32(37(3,35)36)25-16-9-8-11-21(25)2/h5-17,26H,4,18-20H2,1-3H3,(H,30,34)/t26-/m1/s1. The van der Waals surface area contributed by atoms with Crippen LogP contribution in [0.3, 0.4) is 0 Å². The van der Waals surface area contributed by atoms with Crippen LogP contribution in [0.4, 0.5) is 5.69 Å². The SMILES string of the molecule is CCNC(=O)[C@@H](Cc1ccccc1)N(Cc1cccc(Cl)c1)C(=O)CN(c1ccccc1C)S(C)(=O)=O. The number of aryl methyl sites for hydroxylation is 1. The van der Waals surface area contributed by atoms with E-state index in [1.54, 1.807) is 49.4 Å². The van der Waals surface area contributed by atoms with Gasteiger partial charge in [0.15, 0.2) is 0 Å². The Labute approximate surface area is 224 Å². The van der Waals surface area contributed by atoms with Crippen LogP contribution >= 0.6 is 11.6 Å². The molecule has 37 heavy (non-hydrogen) atoms. The molecule has 7 nitrogen and oxygen atoms in total. The molecule has 9 heteroatoms. The van der Waals surface area contributed by atoms with Gasteiger partial charge >= 0.3 is 0 Å². The molecular formula is C28H32ClN3O4S. The maximum absolute atomic E-state index is 13.9. The van der Waals surface area contributed by atoms with Crippen LogP contribution in [0.2, 0.25) is 5.02 Å². The first-order chi connectivity index (χ1) is 17.6. The Morgan fingerprint density at radius 1 is 0.946 bits per heavy atom. The molecule has 0 aliphatic rings. The van der Waals surface area contributed by atoms with E-state index in [0.29, 0.717) is 22.8 Å². The molecule has 1 atom stereocenters. The van der Waals surface area contributed by atoms with Crippen molar-refractivity contribution in [2.45, 2.75) is 32.9 Å². The van der Waals surface area contributed by atoms with Crippen molar-refractivity contribution in [3.05, 3.63) is 101 Å². The van der Waals surface area contributed by atoms with Gasteiger partial charge in [-0.15, -0.1) is 0 Å². The summed E-state index contributed by atoms with van der Waals surface area (Å²) in [5.41, 5.74) is 2.73. The minimum atomic E-state index is -3.80. The van der Waals surface area contributed by atoms with Gasteiger partial charge in [-0.05, 0) is 48.7 Å². The van der Waals surface area contributed by atoms with Gasteiger partial charge < -0.3 is 10.2 Å². The van der Waals surface area contributed by atoms with Gasteiger partial charge in [-0.2, -0.15) is 0 Å². The first kappa shape index (κ1) is 28.2. The Morgan fingerprint density at radius 2 is 1.59 bits per heavy atom. The number of anilines is 1. The molecule has 0 fully saturated rings.